The monoisotopic (exact) mass is 513 g/mol. The molecule has 1 heterocycles. The third kappa shape index (κ3) is 5.49. The number of nitrogens with zero attached hydrogens (tertiary/aromatic N) is 3. The van der Waals surface area contributed by atoms with Gasteiger partial charge < -0.3 is 4.74 Å². The number of anilines is 1. The third-order valence-electron chi connectivity index (χ3n) is 6.29. The maximum Gasteiger partial charge on any atom is 0.344 e. The van der Waals surface area contributed by atoms with Crippen LogP contribution in [0.25, 0.3) is 0 Å². The molecule has 2 amide bonds. The molecule has 5 nitrogen and oxygen atoms in total. The fourth-order valence-electron chi connectivity index (χ4n) is 4.25. The number of amides is 2. The summed E-state index contributed by atoms with van der Waals surface area (Å²) in [5.74, 6) is 0.744. The van der Waals surface area contributed by atoms with E-state index in [4.69, 9.17) is 21.4 Å². The second-order valence-electron chi connectivity index (χ2n) is 8.93. The summed E-state index contributed by atoms with van der Waals surface area (Å²) in [6, 6.07) is 28.5. The van der Waals surface area contributed by atoms with Crippen LogP contribution < -0.4 is 9.64 Å². The zero-order valence-electron chi connectivity index (χ0n) is 20.4. The maximum absolute atomic E-state index is 14.1. The van der Waals surface area contributed by atoms with E-state index in [1.165, 1.54) is 22.0 Å². The third-order valence-corrected chi connectivity index (χ3v) is 6.55. The van der Waals surface area contributed by atoms with Crippen molar-refractivity contribution in [2.45, 2.75) is 12.8 Å². The molecule has 0 fully saturated rings. The van der Waals surface area contributed by atoms with Crippen molar-refractivity contribution in [1.82, 2.24) is 5.01 Å². The van der Waals surface area contributed by atoms with Crippen molar-refractivity contribution in [3.63, 3.8) is 0 Å². The summed E-state index contributed by atoms with van der Waals surface area (Å²) in [6.45, 7) is 2.33. The molecular weight excluding hydrogens is 489 g/mol. The first-order chi connectivity index (χ1) is 17.9. The molecule has 186 valence electrons. The zero-order chi connectivity index (χ0) is 25.9. The van der Waals surface area contributed by atoms with Crippen molar-refractivity contribution in [3.8, 4) is 11.5 Å². The van der Waals surface area contributed by atoms with Crippen LogP contribution in [0.4, 0.5) is 14.9 Å². The molecule has 1 unspecified atom stereocenters. The number of hydrogen-bond donors (Lipinski definition) is 0. The van der Waals surface area contributed by atoms with E-state index in [-0.39, 0.29) is 17.8 Å². The van der Waals surface area contributed by atoms with Crippen molar-refractivity contribution < 1.29 is 13.9 Å². The first-order valence-electron chi connectivity index (χ1n) is 11.9. The quantitative estimate of drug-likeness (QED) is 0.275. The van der Waals surface area contributed by atoms with E-state index in [0.717, 1.165) is 22.4 Å². The molecule has 0 spiro atoms. The Morgan fingerprint density at radius 2 is 1.62 bits per heavy atom. The number of ether oxygens (including phenoxy) is 1. The zero-order valence-corrected chi connectivity index (χ0v) is 21.2. The highest BCUT2D eigenvalue weighted by Crippen LogP contribution is 2.31. The molecule has 0 N–H and O–H groups in total. The number of benzene rings is 4. The Morgan fingerprint density at radius 3 is 2.27 bits per heavy atom. The summed E-state index contributed by atoms with van der Waals surface area (Å²) in [7, 11) is 1.70. The van der Waals surface area contributed by atoms with Gasteiger partial charge in [-0.05, 0) is 78.7 Å². The van der Waals surface area contributed by atoms with Crippen LogP contribution in [0.3, 0.4) is 0 Å². The molecule has 7 heteroatoms. The van der Waals surface area contributed by atoms with Gasteiger partial charge in [0.25, 0.3) is 0 Å². The van der Waals surface area contributed by atoms with Gasteiger partial charge in [0, 0.05) is 23.7 Å². The molecule has 4 aromatic rings. The van der Waals surface area contributed by atoms with Crippen LogP contribution in [0.5, 0.6) is 11.5 Å². The number of carbonyl (C=O) groups excluding carboxylic acids is 1. The maximum atomic E-state index is 14.1. The van der Waals surface area contributed by atoms with E-state index in [2.05, 4.69) is 0 Å². The lowest BCUT2D eigenvalue weighted by Gasteiger charge is -2.23. The number of rotatable bonds is 5. The van der Waals surface area contributed by atoms with Crippen molar-refractivity contribution >= 4 is 29.0 Å². The van der Waals surface area contributed by atoms with Gasteiger partial charge >= 0.3 is 6.03 Å². The second kappa shape index (κ2) is 10.4. The van der Waals surface area contributed by atoms with E-state index < -0.39 is 0 Å². The first-order valence-corrected chi connectivity index (χ1v) is 12.2. The van der Waals surface area contributed by atoms with E-state index in [9.17, 15) is 9.18 Å². The minimum atomic E-state index is -0.316. The van der Waals surface area contributed by atoms with E-state index in [0.29, 0.717) is 28.8 Å². The standard InChI is InChI=1S/C30H25ClFN3O2/c1-20-6-8-21(9-7-20)29-28(22-4-3-5-24(32)18-22)19-35(33-29)30(36)34(2)25-12-16-27(17-13-25)37-26-14-10-23(31)11-15-26/h3-18,28H,19H2,1-2H3. The molecule has 1 aliphatic heterocycles. The summed E-state index contributed by atoms with van der Waals surface area (Å²) in [4.78, 5) is 15.0. The smallest absolute Gasteiger partial charge is 0.344 e. The minimum Gasteiger partial charge on any atom is -0.457 e. The average Bonchev–Trinajstić information content (AvgIpc) is 3.36. The van der Waals surface area contributed by atoms with Crippen molar-refractivity contribution in [2.24, 2.45) is 5.10 Å². The van der Waals surface area contributed by atoms with E-state index >= 15 is 0 Å². The Morgan fingerprint density at radius 1 is 0.973 bits per heavy atom. The fraction of sp³-hybridized carbons (Fsp3) is 0.133. The summed E-state index contributed by atoms with van der Waals surface area (Å²) < 4.78 is 19.9. The Kier molecular flexibility index (Phi) is 6.93. The average molecular weight is 514 g/mol. The molecule has 1 atom stereocenters. The molecule has 0 aliphatic carbocycles. The van der Waals surface area contributed by atoms with Gasteiger partial charge in [-0.25, -0.2) is 14.2 Å². The predicted molar refractivity (Wildman–Crippen MR) is 145 cm³/mol. The van der Waals surface area contributed by atoms with Gasteiger partial charge in [0.1, 0.15) is 17.3 Å². The van der Waals surface area contributed by atoms with Gasteiger partial charge in [-0.2, -0.15) is 5.10 Å². The highest BCUT2D eigenvalue weighted by atomic mass is 35.5. The Balaban J connectivity index is 1.36. The minimum absolute atomic E-state index is 0.245. The van der Waals surface area contributed by atoms with Crippen molar-refractivity contribution in [2.75, 3.05) is 18.5 Å². The van der Waals surface area contributed by atoms with Gasteiger partial charge in [0.2, 0.25) is 0 Å². The van der Waals surface area contributed by atoms with Crippen LogP contribution in [0, 0.1) is 12.7 Å². The van der Waals surface area contributed by atoms with Crippen molar-refractivity contribution in [3.05, 3.63) is 125 Å². The summed E-state index contributed by atoms with van der Waals surface area (Å²) >= 11 is 5.93. The highest BCUT2D eigenvalue weighted by molar-refractivity contribution is 6.30. The highest BCUT2D eigenvalue weighted by Gasteiger charge is 2.34. The largest absolute Gasteiger partial charge is 0.457 e. The topological polar surface area (TPSA) is 45.1 Å². The lowest BCUT2D eigenvalue weighted by atomic mass is 9.90. The predicted octanol–water partition coefficient (Wildman–Crippen LogP) is 7.64. The van der Waals surface area contributed by atoms with Crippen molar-refractivity contribution in [1.29, 1.82) is 0 Å². The Hall–Kier alpha value is -4.16. The summed E-state index contributed by atoms with van der Waals surface area (Å²) in [6.07, 6.45) is 0. The lowest BCUT2D eigenvalue weighted by molar-refractivity contribution is 0.212. The molecule has 0 bridgehead atoms. The molecule has 0 saturated heterocycles. The van der Waals surface area contributed by atoms with Crippen LogP contribution in [-0.4, -0.2) is 30.3 Å². The molecule has 0 radical (unpaired) electrons. The van der Waals surface area contributed by atoms with E-state index in [1.807, 2.05) is 49.4 Å². The number of aryl methyl sites for hydroxylation is 1. The lowest BCUT2D eigenvalue weighted by Crippen LogP contribution is -2.37. The Labute approximate surface area is 220 Å². The van der Waals surface area contributed by atoms with Crippen LogP contribution in [-0.2, 0) is 0 Å². The summed E-state index contributed by atoms with van der Waals surface area (Å²) in [5.41, 5.74) is 4.23. The van der Waals surface area contributed by atoms with Gasteiger partial charge in [-0.3, -0.25) is 4.90 Å². The van der Waals surface area contributed by atoms with Crippen LogP contribution in [0.2, 0.25) is 5.02 Å². The molecule has 0 aromatic heterocycles. The van der Waals surface area contributed by atoms with Crippen LogP contribution >= 0.6 is 11.6 Å². The number of carbonyl (C=O) groups is 1. The number of urea groups is 1. The molecular formula is C30H25ClFN3O2. The molecule has 37 heavy (non-hydrogen) atoms. The van der Waals surface area contributed by atoms with Gasteiger partial charge in [-0.1, -0.05) is 53.6 Å². The Bertz CT molecular complexity index is 1440. The van der Waals surface area contributed by atoms with Crippen LogP contribution in [0.15, 0.2) is 102 Å². The van der Waals surface area contributed by atoms with Crippen LogP contribution in [0.1, 0.15) is 22.6 Å². The first kappa shape index (κ1) is 24.5. The molecule has 4 aromatic carbocycles. The molecule has 5 rings (SSSR count). The number of hydrogen-bond acceptors (Lipinski definition) is 3. The van der Waals surface area contributed by atoms with Gasteiger partial charge in [-0.15, -0.1) is 0 Å². The second-order valence-corrected chi connectivity index (χ2v) is 9.37. The summed E-state index contributed by atoms with van der Waals surface area (Å²) in [5, 5.41) is 6.79. The SMILES string of the molecule is Cc1ccc(C2=NN(C(=O)N(C)c3ccc(Oc4ccc(Cl)cc4)cc3)CC2c2cccc(F)c2)cc1. The number of hydrazone groups is 1. The fourth-order valence-corrected chi connectivity index (χ4v) is 4.38. The van der Waals surface area contributed by atoms with Gasteiger partial charge in [0.05, 0.1) is 12.3 Å². The molecule has 1 aliphatic rings. The number of halogens is 2. The van der Waals surface area contributed by atoms with E-state index in [1.54, 1.807) is 49.5 Å². The normalized spacial score (nSPS) is 14.9. The molecule has 0 saturated carbocycles. The van der Waals surface area contributed by atoms with Gasteiger partial charge in [0.15, 0.2) is 0 Å².